The van der Waals surface area contributed by atoms with Crippen LogP contribution >= 0.6 is 11.8 Å². The first-order chi connectivity index (χ1) is 12.6. The third-order valence-corrected chi connectivity index (χ3v) is 5.80. The number of hydrogen-bond acceptors (Lipinski definition) is 5. The van der Waals surface area contributed by atoms with Crippen molar-refractivity contribution in [2.45, 2.75) is 43.2 Å². The molecule has 1 aliphatic heterocycles. The molecule has 1 amide bonds. The summed E-state index contributed by atoms with van der Waals surface area (Å²) in [6.45, 7) is 5.34. The molecule has 0 unspecified atom stereocenters. The maximum Gasteiger partial charge on any atom is 0.233 e. The van der Waals surface area contributed by atoms with Crippen molar-refractivity contribution in [3.63, 3.8) is 0 Å². The fourth-order valence-electron chi connectivity index (χ4n) is 3.33. The molecular formula is C19H22N4O2S. The van der Waals surface area contributed by atoms with Gasteiger partial charge in [-0.2, -0.15) is 0 Å². The number of pyridine rings is 1. The Morgan fingerprint density at radius 3 is 3.08 bits per heavy atom. The van der Waals surface area contributed by atoms with E-state index in [2.05, 4.69) is 34.6 Å². The van der Waals surface area contributed by atoms with Gasteiger partial charge in [-0.15, -0.1) is 10.2 Å². The van der Waals surface area contributed by atoms with E-state index in [0.29, 0.717) is 6.54 Å². The fraction of sp³-hybridized carbons (Fsp3) is 0.421. The van der Waals surface area contributed by atoms with Gasteiger partial charge in [0, 0.05) is 18.5 Å². The molecule has 1 fully saturated rings. The van der Waals surface area contributed by atoms with Crippen LogP contribution < -0.4 is 5.32 Å². The van der Waals surface area contributed by atoms with Gasteiger partial charge in [-0.05, 0) is 44.4 Å². The normalized spacial score (nSPS) is 18.5. The molecule has 1 aliphatic rings. The van der Waals surface area contributed by atoms with Crippen molar-refractivity contribution < 1.29 is 9.53 Å². The second-order valence-electron chi connectivity index (χ2n) is 6.66. The van der Waals surface area contributed by atoms with Crippen molar-refractivity contribution in [3.05, 3.63) is 35.9 Å². The van der Waals surface area contributed by atoms with Crippen molar-refractivity contribution in [1.82, 2.24) is 19.9 Å². The van der Waals surface area contributed by atoms with Crippen LogP contribution in [0.25, 0.3) is 16.6 Å². The molecule has 0 saturated carbocycles. The molecular weight excluding hydrogens is 348 g/mol. The molecule has 2 aromatic heterocycles. The number of nitrogens with zero attached hydrogens (tertiary/aromatic N) is 3. The summed E-state index contributed by atoms with van der Waals surface area (Å²) < 4.78 is 7.58. The van der Waals surface area contributed by atoms with E-state index in [-0.39, 0.29) is 17.3 Å². The zero-order chi connectivity index (χ0) is 18.1. The molecule has 3 aromatic rings. The summed E-state index contributed by atoms with van der Waals surface area (Å²) in [7, 11) is 0. The predicted molar refractivity (Wildman–Crippen MR) is 103 cm³/mol. The van der Waals surface area contributed by atoms with Crippen LogP contribution in [0.2, 0.25) is 0 Å². The first-order valence-electron chi connectivity index (χ1n) is 8.93. The second-order valence-corrected chi connectivity index (χ2v) is 7.97. The highest BCUT2D eigenvalue weighted by atomic mass is 32.2. The maximum absolute atomic E-state index is 12.4. The highest BCUT2D eigenvalue weighted by molar-refractivity contribution is 8.00. The van der Waals surface area contributed by atoms with Crippen LogP contribution in [-0.4, -0.2) is 45.0 Å². The van der Waals surface area contributed by atoms with E-state index < -0.39 is 0 Å². The topological polar surface area (TPSA) is 68.5 Å². The summed E-state index contributed by atoms with van der Waals surface area (Å²) in [5.41, 5.74) is 3.03. The van der Waals surface area contributed by atoms with Gasteiger partial charge in [-0.1, -0.05) is 30.0 Å². The number of nitrogens with one attached hydrogen (secondary N) is 1. The van der Waals surface area contributed by atoms with Gasteiger partial charge in [0.2, 0.25) is 5.91 Å². The van der Waals surface area contributed by atoms with Crippen molar-refractivity contribution in [3.8, 4) is 0 Å². The number of carbonyl (C=O) groups excluding carboxylic acids is 1. The Morgan fingerprint density at radius 1 is 1.42 bits per heavy atom. The monoisotopic (exact) mass is 370 g/mol. The highest BCUT2D eigenvalue weighted by Crippen LogP contribution is 2.28. The van der Waals surface area contributed by atoms with Crippen LogP contribution in [0, 0.1) is 6.92 Å². The van der Waals surface area contributed by atoms with Crippen molar-refractivity contribution in [2.24, 2.45) is 0 Å². The number of thioether (sulfide) groups is 1. The lowest BCUT2D eigenvalue weighted by Crippen LogP contribution is -2.36. The van der Waals surface area contributed by atoms with Gasteiger partial charge in [-0.3, -0.25) is 9.20 Å². The van der Waals surface area contributed by atoms with Gasteiger partial charge in [-0.25, -0.2) is 0 Å². The quantitative estimate of drug-likeness (QED) is 0.700. The van der Waals surface area contributed by atoms with Gasteiger partial charge in [0.15, 0.2) is 10.8 Å². The zero-order valence-corrected chi connectivity index (χ0v) is 15.8. The minimum absolute atomic E-state index is 0.00123. The Hall–Kier alpha value is -2.12. The molecule has 1 aromatic carbocycles. The van der Waals surface area contributed by atoms with Gasteiger partial charge in [0.1, 0.15) is 0 Å². The van der Waals surface area contributed by atoms with Crippen molar-refractivity contribution >= 4 is 34.2 Å². The molecule has 0 aliphatic carbocycles. The van der Waals surface area contributed by atoms with E-state index in [1.165, 1.54) is 17.3 Å². The molecule has 1 saturated heterocycles. The molecule has 1 N–H and O–H groups in total. The number of para-hydroxylation sites is 1. The molecule has 26 heavy (non-hydrogen) atoms. The van der Waals surface area contributed by atoms with E-state index in [1.54, 1.807) is 0 Å². The zero-order valence-electron chi connectivity index (χ0n) is 14.9. The maximum atomic E-state index is 12.4. The average Bonchev–Trinajstić information content (AvgIpc) is 3.30. The Kier molecular flexibility index (Phi) is 4.82. The van der Waals surface area contributed by atoms with E-state index in [4.69, 9.17) is 4.74 Å². The van der Waals surface area contributed by atoms with Crippen LogP contribution in [0.4, 0.5) is 0 Å². The number of ether oxygens (including phenoxy) is 1. The summed E-state index contributed by atoms with van der Waals surface area (Å²) in [4.78, 5) is 12.4. The molecule has 4 rings (SSSR count). The number of aromatic nitrogens is 3. The van der Waals surface area contributed by atoms with Gasteiger partial charge in [0.25, 0.3) is 0 Å². The fourth-order valence-corrected chi connectivity index (χ4v) is 4.22. The second kappa shape index (κ2) is 7.25. The van der Waals surface area contributed by atoms with E-state index >= 15 is 0 Å². The Bertz CT molecular complexity index is 949. The number of fused-ring (bicyclic) bond motifs is 3. The average molecular weight is 370 g/mol. The molecule has 2 atom stereocenters. The first-order valence-corrected chi connectivity index (χ1v) is 9.81. The van der Waals surface area contributed by atoms with Crippen LogP contribution in [0.3, 0.4) is 0 Å². The van der Waals surface area contributed by atoms with Crippen LogP contribution in [-0.2, 0) is 9.53 Å². The summed E-state index contributed by atoms with van der Waals surface area (Å²) in [5, 5.41) is 13.2. The smallest absolute Gasteiger partial charge is 0.233 e. The molecule has 7 heteroatoms. The van der Waals surface area contributed by atoms with E-state index in [0.717, 1.165) is 41.2 Å². The number of carbonyl (C=O) groups is 1. The SMILES string of the molecule is Cc1cc2nnc(S[C@H](C)C(=O)NC[C@@H]3CCCO3)n2c2ccccc12. The Morgan fingerprint density at radius 2 is 2.27 bits per heavy atom. The minimum atomic E-state index is -0.260. The van der Waals surface area contributed by atoms with Crippen molar-refractivity contribution in [2.75, 3.05) is 13.2 Å². The number of aryl methyl sites for hydroxylation is 1. The lowest BCUT2D eigenvalue weighted by Gasteiger charge is -2.14. The van der Waals surface area contributed by atoms with E-state index in [1.807, 2.05) is 29.5 Å². The van der Waals surface area contributed by atoms with E-state index in [9.17, 15) is 4.79 Å². The number of rotatable bonds is 5. The Balaban J connectivity index is 1.55. The van der Waals surface area contributed by atoms with Gasteiger partial charge in [0.05, 0.1) is 16.9 Å². The first kappa shape index (κ1) is 17.3. The number of benzene rings is 1. The standard InChI is InChI=1S/C19H22N4O2S/c1-12-10-17-21-22-19(23(17)16-8-4-3-7-15(12)16)26-13(2)18(24)20-11-14-6-5-9-25-14/h3-4,7-8,10,13-14H,5-6,9,11H2,1-2H3,(H,20,24)/t13-,14+/m1/s1. The molecule has 0 radical (unpaired) electrons. The summed E-state index contributed by atoms with van der Waals surface area (Å²) >= 11 is 1.43. The molecule has 3 heterocycles. The summed E-state index contributed by atoms with van der Waals surface area (Å²) in [6.07, 6.45) is 2.24. The highest BCUT2D eigenvalue weighted by Gasteiger charge is 2.21. The van der Waals surface area contributed by atoms with Crippen molar-refractivity contribution in [1.29, 1.82) is 0 Å². The molecule has 136 valence electrons. The number of amides is 1. The molecule has 6 nitrogen and oxygen atoms in total. The summed E-state index contributed by atoms with van der Waals surface area (Å²) in [5.74, 6) is -0.00123. The van der Waals surface area contributed by atoms with Crippen LogP contribution in [0.5, 0.6) is 0 Å². The summed E-state index contributed by atoms with van der Waals surface area (Å²) in [6, 6.07) is 10.2. The third kappa shape index (κ3) is 3.29. The minimum Gasteiger partial charge on any atom is -0.376 e. The van der Waals surface area contributed by atoms with Gasteiger partial charge < -0.3 is 10.1 Å². The largest absolute Gasteiger partial charge is 0.376 e. The lowest BCUT2D eigenvalue weighted by atomic mass is 10.1. The molecule has 0 bridgehead atoms. The predicted octanol–water partition coefficient (Wildman–Crippen LogP) is 2.97. The number of hydrogen-bond donors (Lipinski definition) is 1. The lowest BCUT2D eigenvalue weighted by molar-refractivity contribution is -0.120. The van der Waals surface area contributed by atoms with Crippen LogP contribution in [0.15, 0.2) is 35.5 Å². The third-order valence-electron chi connectivity index (χ3n) is 4.75. The Labute approximate surface area is 156 Å². The van der Waals surface area contributed by atoms with Gasteiger partial charge >= 0.3 is 0 Å². The molecule has 0 spiro atoms. The van der Waals surface area contributed by atoms with Crippen LogP contribution in [0.1, 0.15) is 25.3 Å².